The van der Waals surface area contributed by atoms with Crippen molar-refractivity contribution < 1.29 is 9.47 Å². The Kier molecular flexibility index (Phi) is 5.29. The van der Waals surface area contributed by atoms with Gasteiger partial charge in [-0.1, -0.05) is 11.6 Å². The molecule has 0 fully saturated rings. The summed E-state index contributed by atoms with van der Waals surface area (Å²) in [5.41, 5.74) is 2.36. The topological polar surface area (TPSA) is 30.5 Å². The zero-order valence-electron chi connectivity index (χ0n) is 11.8. The van der Waals surface area contributed by atoms with Gasteiger partial charge in [-0.15, -0.1) is 0 Å². The van der Waals surface area contributed by atoms with E-state index >= 15 is 0 Å². The van der Waals surface area contributed by atoms with E-state index in [-0.39, 0.29) is 0 Å². The standard InChI is InChI=1S/C15H18ClNO2S/c1-10(12-4-5-20-9-12)17-8-11-6-13(16)15(19-3)14(7-11)18-2/h4-7,9-10,17H,8H2,1-3H3. The molecule has 0 spiro atoms. The lowest BCUT2D eigenvalue weighted by molar-refractivity contribution is 0.354. The van der Waals surface area contributed by atoms with Crippen LogP contribution >= 0.6 is 22.9 Å². The number of halogens is 1. The third kappa shape index (κ3) is 3.45. The van der Waals surface area contributed by atoms with Crippen molar-refractivity contribution in [2.75, 3.05) is 14.2 Å². The summed E-state index contributed by atoms with van der Waals surface area (Å²) in [6, 6.07) is 6.27. The number of methoxy groups -OCH3 is 2. The molecule has 1 N–H and O–H groups in total. The van der Waals surface area contributed by atoms with E-state index in [9.17, 15) is 0 Å². The Morgan fingerprint density at radius 1 is 1.30 bits per heavy atom. The van der Waals surface area contributed by atoms with Crippen LogP contribution in [0.3, 0.4) is 0 Å². The fourth-order valence-electron chi connectivity index (χ4n) is 1.98. The minimum absolute atomic E-state index is 0.299. The molecule has 0 aliphatic heterocycles. The van der Waals surface area contributed by atoms with Crippen LogP contribution in [-0.2, 0) is 6.54 Å². The molecule has 1 aromatic heterocycles. The molecule has 0 radical (unpaired) electrons. The highest BCUT2D eigenvalue weighted by Gasteiger charge is 2.12. The number of ether oxygens (including phenoxy) is 2. The van der Waals surface area contributed by atoms with Gasteiger partial charge in [0.1, 0.15) is 0 Å². The summed E-state index contributed by atoms with van der Waals surface area (Å²) in [5, 5.41) is 8.27. The first-order chi connectivity index (χ1) is 9.65. The van der Waals surface area contributed by atoms with Crippen LogP contribution in [0.4, 0.5) is 0 Å². The van der Waals surface area contributed by atoms with Gasteiger partial charge < -0.3 is 14.8 Å². The van der Waals surface area contributed by atoms with Crippen molar-refractivity contribution in [2.45, 2.75) is 19.5 Å². The van der Waals surface area contributed by atoms with Crippen molar-refractivity contribution in [3.8, 4) is 11.5 Å². The zero-order chi connectivity index (χ0) is 14.5. The first-order valence-electron chi connectivity index (χ1n) is 6.31. The summed E-state index contributed by atoms with van der Waals surface area (Å²) in [6.07, 6.45) is 0. The highest BCUT2D eigenvalue weighted by atomic mass is 35.5. The molecule has 20 heavy (non-hydrogen) atoms. The molecule has 0 saturated heterocycles. The SMILES string of the molecule is COc1cc(CNC(C)c2ccsc2)cc(Cl)c1OC. The van der Waals surface area contributed by atoms with E-state index in [2.05, 4.69) is 29.1 Å². The maximum absolute atomic E-state index is 6.20. The molecule has 5 heteroatoms. The Morgan fingerprint density at radius 2 is 2.10 bits per heavy atom. The second-order valence-corrected chi connectivity index (χ2v) is 5.66. The van der Waals surface area contributed by atoms with Gasteiger partial charge in [-0.3, -0.25) is 0 Å². The summed E-state index contributed by atoms with van der Waals surface area (Å²) in [7, 11) is 3.19. The Bertz CT molecular complexity index is 557. The van der Waals surface area contributed by atoms with Crippen LogP contribution in [0, 0.1) is 0 Å². The Labute approximate surface area is 128 Å². The minimum Gasteiger partial charge on any atom is -0.493 e. The van der Waals surface area contributed by atoms with E-state index in [4.69, 9.17) is 21.1 Å². The van der Waals surface area contributed by atoms with Crippen LogP contribution in [0.25, 0.3) is 0 Å². The number of nitrogens with one attached hydrogen (secondary N) is 1. The molecule has 0 bridgehead atoms. The highest BCUT2D eigenvalue weighted by molar-refractivity contribution is 7.07. The summed E-state index contributed by atoms with van der Waals surface area (Å²) in [6.45, 7) is 2.86. The van der Waals surface area contributed by atoms with Gasteiger partial charge in [0.05, 0.1) is 19.2 Å². The fraction of sp³-hybridized carbons (Fsp3) is 0.333. The van der Waals surface area contributed by atoms with Crippen LogP contribution < -0.4 is 14.8 Å². The molecule has 3 nitrogen and oxygen atoms in total. The predicted molar refractivity (Wildman–Crippen MR) is 84.1 cm³/mol. The van der Waals surface area contributed by atoms with Gasteiger partial charge in [0, 0.05) is 12.6 Å². The Balaban J connectivity index is 2.08. The molecular weight excluding hydrogens is 294 g/mol. The van der Waals surface area contributed by atoms with E-state index in [1.54, 1.807) is 25.6 Å². The van der Waals surface area contributed by atoms with E-state index in [1.807, 2.05) is 12.1 Å². The molecule has 1 atom stereocenters. The summed E-state index contributed by atoms with van der Waals surface area (Å²) in [5.74, 6) is 1.23. The van der Waals surface area contributed by atoms with Gasteiger partial charge in [0.15, 0.2) is 11.5 Å². The smallest absolute Gasteiger partial charge is 0.179 e. The summed E-state index contributed by atoms with van der Waals surface area (Å²) < 4.78 is 10.5. The van der Waals surface area contributed by atoms with Crippen molar-refractivity contribution in [1.82, 2.24) is 5.32 Å². The number of benzene rings is 1. The van der Waals surface area contributed by atoms with E-state index in [0.29, 0.717) is 22.6 Å². The Morgan fingerprint density at radius 3 is 2.70 bits per heavy atom. The van der Waals surface area contributed by atoms with Gasteiger partial charge in [-0.05, 0) is 47.0 Å². The van der Waals surface area contributed by atoms with Gasteiger partial charge >= 0.3 is 0 Å². The maximum atomic E-state index is 6.20. The lowest BCUT2D eigenvalue weighted by Crippen LogP contribution is -2.17. The number of rotatable bonds is 6. The molecule has 0 saturated carbocycles. The lowest BCUT2D eigenvalue weighted by Gasteiger charge is -2.15. The van der Waals surface area contributed by atoms with Gasteiger partial charge in [0.2, 0.25) is 0 Å². The van der Waals surface area contributed by atoms with Crippen LogP contribution in [0.1, 0.15) is 24.1 Å². The molecule has 1 heterocycles. The summed E-state index contributed by atoms with van der Waals surface area (Å²) in [4.78, 5) is 0. The largest absolute Gasteiger partial charge is 0.493 e. The van der Waals surface area contributed by atoms with Crippen molar-refractivity contribution >= 4 is 22.9 Å². The molecule has 0 amide bonds. The summed E-state index contributed by atoms with van der Waals surface area (Å²) >= 11 is 7.90. The van der Waals surface area contributed by atoms with Crippen molar-refractivity contribution in [3.05, 3.63) is 45.1 Å². The molecule has 1 aromatic carbocycles. The fourth-order valence-corrected chi connectivity index (χ4v) is 3.05. The van der Waals surface area contributed by atoms with Crippen LogP contribution in [0.2, 0.25) is 5.02 Å². The van der Waals surface area contributed by atoms with E-state index < -0.39 is 0 Å². The zero-order valence-corrected chi connectivity index (χ0v) is 13.3. The predicted octanol–water partition coefficient (Wildman–Crippen LogP) is 4.27. The molecule has 1 unspecified atom stereocenters. The van der Waals surface area contributed by atoms with Gasteiger partial charge in [-0.2, -0.15) is 11.3 Å². The Hall–Kier alpha value is -1.23. The monoisotopic (exact) mass is 311 g/mol. The number of hydrogen-bond acceptors (Lipinski definition) is 4. The van der Waals surface area contributed by atoms with Crippen molar-refractivity contribution in [1.29, 1.82) is 0 Å². The van der Waals surface area contributed by atoms with Gasteiger partial charge in [-0.25, -0.2) is 0 Å². The average molecular weight is 312 g/mol. The van der Waals surface area contributed by atoms with Crippen LogP contribution in [0.5, 0.6) is 11.5 Å². The molecule has 2 aromatic rings. The van der Waals surface area contributed by atoms with Crippen LogP contribution in [0.15, 0.2) is 29.0 Å². The first kappa shape index (κ1) is 15.2. The molecule has 108 valence electrons. The number of thiophene rings is 1. The van der Waals surface area contributed by atoms with Crippen molar-refractivity contribution in [3.63, 3.8) is 0 Å². The molecule has 0 aliphatic carbocycles. The minimum atomic E-state index is 0.299. The molecular formula is C15H18ClNO2S. The average Bonchev–Trinajstić information content (AvgIpc) is 2.98. The highest BCUT2D eigenvalue weighted by Crippen LogP contribution is 2.36. The van der Waals surface area contributed by atoms with E-state index in [0.717, 1.165) is 12.1 Å². The maximum Gasteiger partial charge on any atom is 0.179 e. The van der Waals surface area contributed by atoms with Gasteiger partial charge in [0.25, 0.3) is 0 Å². The first-order valence-corrected chi connectivity index (χ1v) is 7.63. The van der Waals surface area contributed by atoms with E-state index in [1.165, 1.54) is 5.56 Å². The normalized spacial score (nSPS) is 12.2. The van der Waals surface area contributed by atoms with Crippen LogP contribution in [-0.4, -0.2) is 14.2 Å². The third-order valence-electron chi connectivity index (χ3n) is 3.15. The molecule has 2 rings (SSSR count). The second kappa shape index (κ2) is 6.97. The number of hydrogen-bond donors (Lipinski definition) is 1. The second-order valence-electron chi connectivity index (χ2n) is 4.47. The molecule has 0 aliphatic rings. The lowest BCUT2D eigenvalue weighted by atomic mass is 10.1. The third-order valence-corrected chi connectivity index (χ3v) is 4.13. The quantitative estimate of drug-likeness (QED) is 0.864. The van der Waals surface area contributed by atoms with Crippen molar-refractivity contribution in [2.24, 2.45) is 0 Å².